The molecular formula is C13H12BrF3O4. The second-order valence-corrected chi connectivity index (χ2v) is 5.59. The van der Waals surface area contributed by atoms with Crippen molar-refractivity contribution in [3.63, 3.8) is 0 Å². The Morgan fingerprint density at radius 2 is 1.86 bits per heavy atom. The van der Waals surface area contributed by atoms with Crippen LogP contribution >= 0.6 is 15.9 Å². The van der Waals surface area contributed by atoms with Gasteiger partial charge in [0.1, 0.15) is 11.2 Å². The van der Waals surface area contributed by atoms with Gasteiger partial charge in [-0.05, 0) is 48.0 Å². The normalized spacial score (nSPS) is 13.6. The van der Waals surface area contributed by atoms with Gasteiger partial charge in [-0.3, -0.25) is 9.59 Å². The molecule has 4 nitrogen and oxygen atoms in total. The molecule has 0 aliphatic rings. The molecule has 1 unspecified atom stereocenters. The molecule has 0 spiro atoms. The average molecular weight is 369 g/mol. The van der Waals surface area contributed by atoms with Gasteiger partial charge in [0.25, 0.3) is 0 Å². The lowest BCUT2D eigenvalue weighted by atomic mass is 9.89. The van der Waals surface area contributed by atoms with Crippen LogP contribution in [-0.2, 0) is 15.8 Å². The number of benzene rings is 1. The molecule has 0 aliphatic carbocycles. The van der Waals surface area contributed by atoms with Gasteiger partial charge >= 0.3 is 12.1 Å². The van der Waals surface area contributed by atoms with Crippen molar-refractivity contribution < 1.29 is 32.6 Å². The molecule has 116 valence electrons. The van der Waals surface area contributed by atoms with Gasteiger partial charge in [-0.15, -0.1) is 0 Å². The number of ketones is 1. The minimum absolute atomic E-state index is 0.193. The summed E-state index contributed by atoms with van der Waals surface area (Å²) in [5, 5.41) is 7.56. The smallest absolute Gasteiger partial charge is 0.416 e. The highest BCUT2D eigenvalue weighted by Crippen LogP contribution is 2.32. The van der Waals surface area contributed by atoms with Crippen LogP contribution in [0.5, 0.6) is 5.75 Å². The number of carboxylic acids is 1. The summed E-state index contributed by atoms with van der Waals surface area (Å²) >= 11 is 2.84. The zero-order valence-corrected chi connectivity index (χ0v) is 12.7. The second kappa shape index (κ2) is 6.05. The van der Waals surface area contributed by atoms with E-state index in [4.69, 9.17) is 9.84 Å². The third kappa shape index (κ3) is 4.20. The van der Waals surface area contributed by atoms with Crippen LogP contribution in [0, 0.1) is 5.41 Å². The van der Waals surface area contributed by atoms with Crippen molar-refractivity contribution in [3.8, 4) is 5.75 Å². The number of hydrogen-bond acceptors (Lipinski definition) is 3. The lowest BCUT2D eigenvalue weighted by Gasteiger charge is -2.22. The van der Waals surface area contributed by atoms with E-state index < -0.39 is 33.9 Å². The summed E-state index contributed by atoms with van der Waals surface area (Å²) in [5.41, 5.74) is -2.65. The number of halogens is 4. The number of carbonyl (C=O) groups is 2. The molecule has 0 saturated carbocycles. The molecule has 0 saturated heterocycles. The van der Waals surface area contributed by atoms with E-state index in [2.05, 4.69) is 15.9 Å². The molecule has 21 heavy (non-hydrogen) atoms. The summed E-state index contributed by atoms with van der Waals surface area (Å²) in [4.78, 5) is 22.9. The zero-order valence-electron chi connectivity index (χ0n) is 11.1. The number of rotatable bonds is 5. The van der Waals surface area contributed by atoms with Crippen LogP contribution in [0.25, 0.3) is 0 Å². The molecule has 0 fully saturated rings. The molecule has 0 radical (unpaired) electrons. The fourth-order valence-corrected chi connectivity index (χ4v) is 2.10. The number of Topliss-reactive ketones (excluding diaryl/α,β-unsaturated/α-hetero) is 1. The number of hydrogen-bond donors (Lipinski definition) is 1. The predicted octanol–water partition coefficient (Wildman–Crippen LogP) is 3.49. The molecule has 1 rings (SSSR count). The zero-order chi connectivity index (χ0) is 16.4. The first-order valence-electron chi connectivity index (χ1n) is 5.72. The van der Waals surface area contributed by atoms with Gasteiger partial charge in [0.15, 0.2) is 0 Å². The van der Waals surface area contributed by atoms with E-state index in [1.807, 2.05) is 0 Å². The lowest BCUT2D eigenvalue weighted by molar-refractivity contribution is -0.153. The molecule has 1 aromatic carbocycles. The van der Waals surface area contributed by atoms with E-state index in [9.17, 15) is 22.8 Å². The molecule has 0 aromatic heterocycles. The molecule has 0 heterocycles. The molecular weight excluding hydrogens is 357 g/mol. The summed E-state index contributed by atoms with van der Waals surface area (Å²) in [7, 11) is 0. The Kier molecular flexibility index (Phi) is 5.03. The van der Waals surface area contributed by atoms with Crippen LogP contribution in [0.3, 0.4) is 0 Å². The van der Waals surface area contributed by atoms with Gasteiger partial charge in [-0.25, -0.2) is 0 Å². The molecule has 8 heteroatoms. The van der Waals surface area contributed by atoms with Gasteiger partial charge in [0, 0.05) is 0 Å². The summed E-state index contributed by atoms with van der Waals surface area (Å²) in [6, 6.07) is 3.96. The van der Waals surface area contributed by atoms with Crippen molar-refractivity contribution >= 4 is 27.7 Å². The maximum absolute atomic E-state index is 12.5. The van der Waals surface area contributed by atoms with Crippen molar-refractivity contribution in [2.45, 2.75) is 25.0 Å². The predicted molar refractivity (Wildman–Crippen MR) is 71.2 cm³/mol. The number of alkyl halides is 4. The molecule has 1 aromatic rings. The van der Waals surface area contributed by atoms with Crippen LogP contribution in [0.15, 0.2) is 24.3 Å². The number of ether oxygens (including phenoxy) is 1. The number of carbonyl (C=O) groups excluding carboxylic acids is 1. The van der Waals surface area contributed by atoms with Crippen LogP contribution < -0.4 is 4.74 Å². The van der Waals surface area contributed by atoms with E-state index in [0.29, 0.717) is 0 Å². The van der Waals surface area contributed by atoms with Crippen molar-refractivity contribution in [2.75, 3.05) is 0 Å². The number of aliphatic carboxylic acids is 1. The van der Waals surface area contributed by atoms with Gasteiger partial charge in [-0.1, -0.05) is 6.07 Å². The van der Waals surface area contributed by atoms with Gasteiger partial charge in [-0.2, -0.15) is 13.2 Å². The Hall–Kier alpha value is -1.57. The number of carboxylic acid groups (broad SMARTS) is 1. The summed E-state index contributed by atoms with van der Waals surface area (Å²) < 4.78 is 42.7. The minimum atomic E-state index is -4.54. The van der Waals surface area contributed by atoms with Crippen molar-refractivity contribution in [1.29, 1.82) is 0 Å². The van der Waals surface area contributed by atoms with E-state index in [1.165, 1.54) is 19.9 Å². The highest BCUT2D eigenvalue weighted by atomic mass is 79.9. The quantitative estimate of drug-likeness (QED) is 0.638. The monoisotopic (exact) mass is 368 g/mol. The Morgan fingerprint density at radius 1 is 1.29 bits per heavy atom. The Balaban J connectivity index is 2.92. The fourth-order valence-electron chi connectivity index (χ4n) is 1.31. The first-order chi connectivity index (χ1) is 9.46. The third-order valence-corrected chi connectivity index (χ3v) is 3.36. The maximum Gasteiger partial charge on any atom is 0.416 e. The fraction of sp³-hybridized carbons (Fsp3) is 0.385. The largest absolute Gasteiger partial charge is 0.481 e. The van der Waals surface area contributed by atoms with E-state index in [1.54, 1.807) is 0 Å². The minimum Gasteiger partial charge on any atom is -0.481 e. The van der Waals surface area contributed by atoms with Gasteiger partial charge < -0.3 is 9.84 Å². The average Bonchev–Trinajstić information content (AvgIpc) is 2.36. The van der Waals surface area contributed by atoms with Crippen molar-refractivity contribution in [2.24, 2.45) is 5.41 Å². The Labute approximate surface area is 127 Å². The van der Waals surface area contributed by atoms with E-state index in [0.717, 1.165) is 18.2 Å². The van der Waals surface area contributed by atoms with E-state index in [-0.39, 0.29) is 5.75 Å². The lowest BCUT2D eigenvalue weighted by Crippen LogP contribution is -2.40. The Morgan fingerprint density at radius 3 is 2.33 bits per heavy atom. The van der Waals surface area contributed by atoms with Gasteiger partial charge in [0.2, 0.25) is 10.8 Å². The third-order valence-electron chi connectivity index (χ3n) is 2.76. The van der Waals surface area contributed by atoms with Crippen LogP contribution in [-0.4, -0.2) is 21.9 Å². The molecule has 1 atom stereocenters. The maximum atomic E-state index is 12.5. The topological polar surface area (TPSA) is 63.6 Å². The summed E-state index contributed by atoms with van der Waals surface area (Å²) in [5.74, 6) is -2.36. The van der Waals surface area contributed by atoms with Crippen molar-refractivity contribution in [3.05, 3.63) is 29.8 Å². The molecule has 0 bridgehead atoms. The first-order valence-corrected chi connectivity index (χ1v) is 6.63. The molecule has 0 amide bonds. The highest BCUT2D eigenvalue weighted by Gasteiger charge is 2.40. The summed E-state index contributed by atoms with van der Waals surface area (Å²) in [6.07, 6.45) is -4.54. The van der Waals surface area contributed by atoms with Crippen molar-refractivity contribution in [1.82, 2.24) is 0 Å². The highest BCUT2D eigenvalue weighted by molar-refractivity contribution is 9.09. The molecule has 0 aliphatic heterocycles. The van der Waals surface area contributed by atoms with Crippen LogP contribution in [0.4, 0.5) is 13.2 Å². The molecule has 1 N–H and O–H groups in total. The Bertz CT molecular complexity index is 555. The first kappa shape index (κ1) is 17.5. The van der Waals surface area contributed by atoms with Crippen LogP contribution in [0.2, 0.25) is 0 Å². The van der Waals surface area contributed by atoms with Crippen LogP contribution in [0.1, 0.15) is 19.4 Å². The van der Waals surface area contributed by atoms with E-state index >= 15 is 0 Å². The standard InChI is InChI=1S/C13H12BrF3O4/c1-12(2,11(19)20)9(18)10(14)21-8-5-3-4-7(6-8)13(15,16)17/h3-6,10H,1-2H3,(H,19,20). The SMILES string of the molecule is CC(C)(C(=O)O)C(=O)C(Br)Oc1cccc(C(F)(F)F)c1. The summed E-state index contributed by atoms with van der Waals surface area (Å²) in [6.45, 7) is 2.36. The second-order valence-electron chi connectivity index (χ2n) is 4.75. The van der Waals surface area contributed by atoms with Gasteiger partial charge in [0.05, 0.1) is 5.56 Å².